The van der Waals surface area contributed by atoms with Crippen molar-refractivity contribution in [3.05, 3.63) is 24.3 Å². The lowest BCUT2D eigenvalue weighted by Crippen LogP contribution is -2.48. The second-order valence-corrected chi connectivity index (χ2v) is 5.40. The quantitative estimate of drug-likeness (QED) is 0.761. The summed E-state index contributed by atoms with van der Waals surface area (Å²) in [6.07, 6.45) is 2.50. The van der Waals surface area contributed by atoms with Gasteiger partial charge in [-0.3, -0.25) is 9.59 Å². The van der Waals surface area contributed by atoms with E-state index >= 15 is 0 Å². The molecule has 102 valence electrons. The zero-order valence-corrected chi connectivity index (χ0v) is 10.9. The summed E-state index contributed by atoms with van der Waals surface area (Å²) in [4.78, 5) is 26.6. The van der Waals surface area contributed by atoms with Crippen LogP contribution >= 0.6 is 0 Å². The molecule has 2 fully saturated rings. The van der Waals surface area contributed by atoms with E-state index in [9.17, 15) is 9.59 Å². The Morgan fingerprint density at radius 3 is 2.75 bits per heavy atom. The number of piperidine rings is 1. The number of carbonyl (C=O) groups excluding carboxylic acids is 2. The average Bonchev–Trinajstić information content (AvgIpc) is 3.20. The number of hydrogen-bond acceptors (Lipinski definition) is 4. The van der Waals surface area contributed by atoms with E-state index in [4.69, 9.17) is 0 Å². The Labute approximate surface area is 115 Å². The normalized spacial score (nSPS) is 23.6. The van der Waals surface area contributed by atoms with Crippen LogP contribution < -0.4 is 0 Å². The minimum atomic E-state index is -0.836. The molecule has 1 amide bonds. The minimum Gasteiger partial charge on any atom is -0.337 e. The van der Waals surface area contributed by atoms with Gasteiger partial charge in [0, 0.05) is 19.0 Å². The van der Waals surface area contributed by atoms with Gasteiger partial charge < -0.3 is 4.90 Å². The van der Waals surface area contributed by atoms with Gasteiger partial charge in [-0.15, -0.1) is 5.10 Å². The molecular weight excluding hydrogens is 256 g/mol. The Morgan fingerprint density at radius 1 is 1.15 bits per heavy atom. The lowest BCUT2D eigenvalue weighted by atomic mass is 10.0. The molecule has 1 saturated carbocycles. The highest BCUT2D eigenvalue weighted by molar-refractivity contribution is 6.06. The smallest absolute Gasteiger partial charge is 0.255 e. The Balaban J connectivity index is 1.78. The van der Waals surface area contributed by atoms with Gasteiger partial charge in [-0.1, -0.05) is 17.3 Å². The van der Waals surface area contributed by atoms with Crippen molar-refractivity contribution in [2.75, 3.05) is 6.54 Å². The van der Waals surface area contributed by atoms with Gasteiger partial charge >= 0.3 is 0 Å². The molecule has 1 saturated heterocycles. The maximum atomic E-state index is 12.6. The van der Waals surface area contributed by atoms with Crippen molar-refractivity contribution in [1.29, 1.82) is 0 Å². The van der Waals surface area contributed by atoms with E-state index in [-0.39, 0.29) is 11.7 Å². The Morgan fingerprint density at radius 2 is 1.95 bits per heavy atom. The number of carbonyl (C=O) groups is 2. The molecule has 4 rings (SSSR count). The molecule has 6 nitrogen and oxygen atoms in total. The van der Waals surface area contributed by atoms with Crippen molar-refractivity contribution in [3.8, 4) is 0 Å². The van der Waals surface area contributed by atoms with Gasteiger partial charge in [-0.05, 0) is 25.0 Å². The van der Waals surface area contributed by atoms with Gasteiger partial charge in [-0.2, -0.15) is 0 Å². The molecule has 2 heterocycles. The van der Waals surface area contributed by atoms with Crippen molar-refractivity contribution >= 4 is 22.7 Å². The van der Waals surface area contributed by atoms with E-state index in [2.05, 4.69) is 10.3 Å². The van der Waals surface area contributed by atoms with E-state index < -0.39 is 6.04 Å². The number of amides is 1. The summed E-state index contributed by atoms with van der Waals surface area (Å²) in [6.45, 7) is 0.547. The van der Waals surface area contributed by atoms with Crippen LogP contribution in [0.15, 0.2) is 24.3 Å². The molecule has 0 spiro atoms. The van der Waals surface area contributed by atoms with Crippen LogP contribution in [0.3, 0.4) is 0 Å². The number of para-hydroxylation sites is 1. The van der Waals surface area contributed by atoms with E-state index in [1.807, 2.05) is 29.2 Å². The Kier molecular flexibility index (Phi) is 2.39. The fourth-order valence-corrected chi connectivity index (χ4v) is 2.84. The molecule has 1 aliphatic heterocycles. The third-order valence-electron chi connectivity index (χ3n) is 4.03. The zero-order chi connectivity index (χ0) is 13.7. The Bertz CT molecular complexity index is 704. The topological polar surface area (TPSA) is 68.1 Å². The number of nitrogens with zero attached hydrogens (tertiary/aromatic N) is 4. The first-order valence-electron chi connectivity index (χ1n) is 6.89. The largest absolute Gasteiger partial charge is 0.337 e. The van der Waals surface area contributed by atoms with Gasteiger partial charge in [0.05, 0.1) is 5.52 Å². The number of hydrogen-bond donors (Lipinski definition) is 0. The van der Waals surface area contributed by atoms with Crippen molar-refractivity contribution in [2.24, 2.45) is 0 Å². The number of fused-ring (bicyclic) bond motifs is 1. The summed E-state index contributed by atoms with van der Waals surface area (Å²) in [6, 6.07) is 6.88. The number of ketones is 1. The molecule has 1 unspecified atom stereocenters. The number of likely N-dealkylation sites (tertiary alicyclic amines) is 1. The van der Waals surface area contributed by atoms with E-state index in [0.29, 0.717) is 24.5 Å². The van der Waals surface area contributed by atoms with Crippen LogP contribution in [-0.4, -0.2) is 44.2 Å². The van der Waals surface area contributed by atoms with Crippen LogP contribution in [0.1, 0.15) is 25.3 Å². The van der Waals surface area contributed by atoms with Crippen molar-refractivity contribution in [2.45, 2.75) is 31.3 Å². The van der Waals surface area contributed by atoms with Crippen LogP contribution in [0.2, 0.25) is 0 Å². The predicted octanol–water partition coefficient (Wildman–Crippen LogP) is 0.936. The Hall–Kier alpha value is -2.24. The predicted molar refractivity (Wildman–Crippen MR) is 70.9 cm³/mol. The van der Waals surface area contributed by atoms with Gasteiger partial charge in [0.15, 0.2) is 11.8 Å². The summed E-state index contributed by atoms with van der Waals surface area (Å²) in [7, 11) is 0. The van der Waals surface area contributed by atoms with Crippen molar-refractivity contribution in [3.63, 3.8) is 0 Å². The van der Waals surface area contributed by atoms with E-state index in [1.165, 1.54) is 4.68 Å². The second-order valence-electron chi connectivity index (χ2n) is 5.40. The third-order valence-corrected chi connectivity index (χ3v) is 4.03. The molecule has 20 heavy (non-hydrogen) atoms. The SMILES string of the molecule is O=C1CCN(C2CC2)C(=O)C1n1nnc2ccccc21. The third kappa shape index (κ3) is 1.64. The molecule has 0 N–H and O–H groups in total. The summed E-state index contributed by atoms with van der Waals surface area (Å²) < 4.78 is 1.48. The number of Topliss-reactive ketones (excluding diaryl/α,β-unsaturated/α-hetero) is 1. The summed E-state index contributed by atoms with van der Waals surface area (Å²) in [5, 5.41) is 8.07. The highest BCUT2D eigenvalue weighted by Crippen LogP contribution is 2.32. The molecular formula is C14H14N4O2. The van der Waals surface area contributed by atoms with Gasteiger partial charge in [-0.25, -0.2) is 4.68 Å². The number of rotatable bonds is 2. The first-order chi connectivity index (χ1) is 9.75. The number of benzene rings is 1. The molecule has 6 heteroatoms. The van der Waals surface area contributed by atoms with Crippen LogP contribution in [0, 0.1) is 0 Å². The molecule has 1 aromatic heterocycles. The van der Waals surface area contributed by atoms with E-state index in [1.54, 1.807) is 0 Å². The standard InChI is InChI=1S/C14H14N4O2/c19-12-7-8-17(9-5-6-9)14(20)13(12)18-11-4-2-1-3-10(11)15-16-18/h1-4,9,13H,5-8H2. The van der Waals surface area contributed by atoms with Crippen LogP contribution in [0.25, 0.3) is 11.0 Å². The lowest BCUT2D eigenvalue weighted by molar-refractivity contribution is -0.145. The fraction of sp³-hybridized carbons (Fsp3) is 0.429. The van der Waals surface area contributed by atoms with Crippen LogP contribution in [-0.2, 0) is 9.59 Å². The molecule has 1 atom stereocenters. The van der Waals surface area contributed by atoms with Crippen LogP contribution in [0.5, 0.6) is 0 Å². The van der Waals surface area contributed by atoms with Crippen molar-refractivity contribution in [1.82, 2.24) is 19.9 Å². The van der Waals surface area contributed by atoms with Crippen LogP contribution in [0.4, 0.5) is 0 Å². The second kappa shape index (κ2) is 4.13. The monoisotopic (exact) mass is 270 g/mol. The lowest BCUT2D eigenvalue weighted by Gasteiger charge is -2.31. The maximum absolute atomic E-state index is 12.6. The average molecular weight is 270 g/mol. The molecule has 2 aromatic rings. The molecule has 0 bridgehead atoms. The molecule has 0 radical (unpaired) electrons. The first-order valence-corrected chi connectivity index (χ1v) is 6.89. The molecule has 1 aromatic carbocycles. The highest BCUT2D eigenvalue weighted by atomic mass is 16.2. The summed E-state index contributed by atoms with van der Waals surface area (Å²) in [5.41, 5.74) is 1.44. The van der Waals surface area contributed by atoms with Gasteiger partial charge in [0.1, 0.15) is 5.52 Å². The highest BCUT2D eigenvalue weighted by Gasteiger charge is 2.43. The summed E-state index contributed by atoms with van der Waals surface area (Å²) >= 11 is 0. The first kappa shape index (κ1) is 11.6. The minimum absolute atomic E-state index is 0.0671. The van der Waals surface area contributed by atoms with Gasteiger partial charge in [0.2, 0.25) is 0 Å². The molecule has 2 aliphatic rings. The van der Waals surface area contributed by atoms with Crippen molar-refractivity contribution < 1.29 is 9.59 Å². The summed E-state index contributed by atoms with van der Waals surface area (Å²) in [5.74, 6) is -0.193. The van der Waals surface area contributed by atoms with Gasteiger partial charge in [0.25, 0.3) is 5.91 Å². The zero-order valence-electron chi connectivity index (χ0n) is 10.9. The maximum Gasteiger partial charge on any atom is 0.255 e. The van der Waals surface area contributed by atoms with E-state index in [0.717, 1.165) is 18.4 Å². The fourth-order valence-electron chi connectivity index (χ4n) is 2.84. The molecule has 1 aliphatic carbocycles. The number of aromatic nitrogens is 3.